The van der Waals surface area contributed by atoms with Crippen LogP contribution in [-0.2, 0) is 11.3 Å². The average Bonchev–Trinajstić information content (AvgIpc) is 2.40. The Morgan fingerprint density at radius 3 is 2.59 bits per heavy atom. The van der Waals surface area contributed by atoms with E-state index in [9.17, 15) is 9.90 Å². The predicted molar refractivity (Wildman–Crippen MR) is 88.8 cm³/mol. The zero-order valence-electron chi connectivity index (χ0n) is 13.7. The second-order valence-electron chi connectivity index (χ2n) is 6.02. The topological polar surface area (TPSA) is 85.8 Å². The standard InChI is InChI=1S/C16H26N4O2/c1-5-17-15(19-11-14(22)20-16(2,3)4)18-10-12-7-6-8-13(21)9-12/h6-9,21H,5,10-11H2,1-4H3,(H,20,22)(H2,17,18,19). The first-order chi connectivity index (χ1) is 10.3. The van der Waals surface area contributed by atoms with Crippen molar-refractivity contribution in [1.29, 1.82) is 0 Å². The molecule has 0 aliphatic heterocycles. The van der Waals surface area contributed by atoms with Crippen LogP contribution in [0.3, 0.4) is 0 Å². The highest BCUT2D eigenvalue weighted by Gasteiger charge is 2.13. The lowest BCUT2D eigenvalue weighted by Gasteiger charge is -2.21. The second kappa shape index (κ2) is 8.26. The Morgan fingerprint density at radius 1 is 1.27 bits per heavy atom. The zero-order chi connectivity index (χ0) is 16.6. The maximum Gasteiger partial charge on any atom is 0.239 e. The van der Waals surface area contributed by atoms with Crippen LogP contribution in [0.5, 0.6) is 5.75 Å². The molecule has 0 unspecified atom stereocenters. The van der Waals surface area contributed by atoms with Crippen molar-refractivity contribution in [2.75, 3.05) is 13.1 Å². The first kappa shape index (κ1) is 17.8. The molecule has 1 aromatic rings. The van der Waals surface area contributed by atoms with E-state index < -0.39 is 0 Å². The number of nitrogens with zero attached hydrogens (tertiary/aromatic N) is 1. The lowest BCUT2D eigenvalue weighted by atomic mass is 10.1. The van der Waals surface area contributed by atoms with E-state index in [2.05, 4.69) is 20.9 Å². The van der Waals surface area contributed by atoms with Crippen LogP contribution in [0.2, 0.25) is 0 Å². The molecule has 1 rings (SSSR count). The summed E-state index contributed by atoms with van der Waals surface area (Å²) in [6.45, 7) is 9.05. The SMILES string of the molecule is CCNC(=NCc1cccc(O)c1)NCC(=O)NC(C)(C)C. The van der Waals surface area contributed by atoms with Crippen LogP contribution >= 0.6 is 0 Å². The van der Waals surface area contributed by atoms with Crippen LogP contribution in [-0.4, -0.2) is 35.6 Å². The van der Waals surface area contributed by atoms with Gasteiger partial charge in [-0.2, -0.15) is 0 Å². The molecule has 0 aliphatic rings. The van der Waals surface area contributed by atoms with Gasteiger partial charge in [-0.3, -0.25) is 4.79 Å². The van der Waals surface area contributed by atoms with Gasteiger partial charge in [-0.15, -0.1) is 0 Å². The van der Waals surface area contributed by atoms with E-state index in [1.807, 2.05) is 33.8 Å². The van der Waals surface area contributed by atoms with Crippen molar-refractivity contribution in [3.8, 4) is 5.75 Å². The number of rotatable bonds is 5. The van der Waals surface area contributed by atoms with Gasteiger partial charge < -0.3 is 21.1 Å². The summed E-state index contributed by atoms with van der Waals surface area (Å²) in [5, 5.41) is 18.4. The summed E-state index contributed by atoms with van der Waals surface area (Å²) in [4.78, 5) is 16.2. The summed E-state index contributed by atoms with van der Waals surface area (Å²) in [5.41, 5.74) is 0.645. The fourth-order valence-corrected chi connectivity index (χ4v) is 1.79. The number of hydrogen-bond donors (Lipinski definition) is 4. The largest absolute Gasteiger partial charge is 0.508 e. The number of amides is 1. The van der Waals surface area contributed by atoms with Gasteiger partial charge in [-0.05, 0) is 45.4 Å². The van der Waals surface area contributed by atoms with E-state index in [1.165, 1.54) is 0 Å². The Hall–Kier alpha value is -2.24. The molecule has 0 saturated heterocycles. The minimum atomic E-state index is -0.254. The van der Waals surface area contributed by atoms with Gasteiger partial charge in [0.1, 0.15) is 5.75 Å². The molecule has 0 aliphatic carbocycles. The molecule has 0 saturated carbocycles. The summed E-state index contributed by atoms with van der Waals surface area (Å²) in [7, 11) is 0. The van der Waals surface area contributed by atoms with Crippen molar-refractivity contribution in [3.05, 3.63) is 29.8 Å². The van der Waals surface area contributed by atoms with Crippen LogP contribution in [0.15, 0.2) is 29.3 Å². The van der Waals surface area contributed by atoms with Crippen LogP contribution in [0, 0.1) is 0 Å². The lowest BCUT2D eigenvalue weighted by Crippen LogP contribution is -2.48. The highest BCUT2D eigenvalue weighted by Crippen LogP contribution is 2.11. The second-order valence-corrected chi connectivity index (χ2v) is 6.02. The summed E-state index contributed by atoms with van der Waals surface area (Å²) >= 11 is 0. The number of aliphatic imine (C=N–C) groups is 1. The van der Waals surface area contributed by atoms with E-state index in [0.29, 0.717) is 19.0 Å². The van der Waals surface area contributed by atoms with E-state index in [1.54, 1.807) is 18.2 Å². The van der Waals surface area contributed by atoms with Gasteiger partial charge in [-0.25, -0.2) is 4.99 Å². The molecule has 6 heteroatoms. The Bertz CT molecular complexity index is 521. The molecule has 0 heterocycles. The summed E-state index contributed by atoms with van der Waals surface area (Å²) in [5.74, 6) is 0.695. The van der Waals surface area contributed by atoms with Gasteiger partial charge in [0.05, 0.1) is 13.1 Å². The molecule has 4 N–H and O–H groups in total. The number of carbonyl (C=O) groups is 1. The van der Waals surface area contributed by atoms with Crippen LogP contribution in [0.4, 0.5) is 0 Å². The van der Waals surface area contributed by atoms with E-state index >= 15 is 0 Å². The predicted octanol–water partition coefficient (Wildman–Crippen LogP) is 1.36. The van der Waals surface area contributed by atoms with Gasteiger partial charge in [-0.1, -0.05) is 12.1 Å². The number of guanidine groups is 1. The third kappa shape index (κ3) is 7.52. The molecule has 0 radical (unpaired) electrons. The molecule has 6 nitrogen and oxygen atoms in total. The molecule has 1 amide bonds. The maximum atomic E-state index is 11.8. The van der Waals surface area contributed by atoms with Crippen LogP contribution in [0.1, 0.15) is 33.3 Å². The molecular weight excluding hydrogens is 280 g/mol. The number of benzene rings is 1. The third-order valence-corrected chi connectivity index (χ3v) is 2.61. The molecule has 22 heavy (non-hydrogen) atoms. The third-order valence-electron chi connectivity index (χ3n) is 2.61. The van der Waals surface area contributed by atoms with Gasteiger partial charge in [0.15, 0.2) is 5.96 Å². The molecule has 0 fully saturated rings. The van der Waals surface area contributed by atoms with E-state index in [-0.39, 0.29) is 23.7 Å². The quantitative estimate of drug-likeness (QED) is 0.489. The number of phenolic OH excluding ortho intramolecular Hbond substituents is 1. The highest BCUT2D eigenvalue weighted by atomic mass is 16.3. The fourth-order valence-electron chi connectivity index (χ4n) is 1.79. The summed E-state index contributed by atoms with van der Waals surface area (Å²) in [6, 6.07) is 6.95. The number of carbonyl (C=O) groups excluding carboxylic acids is 1. The van der Waals surface area contributed by atoms with Crippen molar-refractivity contribution in [2.45, 2.75) is 39.8 Å². The van der Waals surface area contributed by atoms with Gasteiger partial charge >= 0.3 is 0 Å². The molecular formula is C16H26N4O2. The van der Waals surface area contributed by atoms with Crippen LogP contribution in [0.25, 0.3) is 0 Å². The fraction of sp³-hybridized carbons (Fsp3) is 0.500. The first-order valence-electron chi connectivity index (χ1n) is 7.41. The normalized spacial score (nSPS) is 11.9. The van der Waals surface area contributed by atoms with Crippen molar-refractivity contribution < 1.29 is 9.90 Å². The molecule has 0 spiro atoms. The molecule has 1 aromatic carbocycles. The summed E-state index contributed by atoms with van der Waals surface area (Å²) < 4.78 is 0. The molecule has 0 bridgehead atoms. The van der Waals surface area contributed by atoms with Gasteiger partial charge in [0.25, 0.3) is 0 Å². The monoisotopic (exact) mass is 306 g/mol. The number of aromatic hydroxyl groups is 1. The Balaban J connectivity index is 2.57. The number of nitrogens with one attached hydrogen (secondary N) is 3. The van der Waals surface area contributed by atoms with Crippen molar-refractivity contribution in [1.82, 2.24) is 16.0 Å². The Labute approximate surface area is 132 Å². The summed E-state index contributed by atoms with van der Waals surface area (Å²) in [6.07, 6.45) is 0. The minimum Gasteiger partial charge on any atom is -0.508 e. The minimum absolute atomic E-state index is 0.0875. The van der Waals surface area contributed by atoms with E-state index in [0.717, 1.165) is 5.56 Å². The first-order valence-corrected chi connectivity index (χ1v) is 7.41. The van der Waals surface area contributed by atoms with Crippen molar-refractivity contribution in [2.24, 2.45) is 4.99 Å². The lowest BCUT2D eigenvalue weighted by molar-refractivity contribution is -0.121. The molecule has 122 valence electrons. The van der Waals surface area contributed by atoms with Crippen molar-refractivity contribution in [3.63, 3.8) is 0 Å². The number of hydrogen-bond acceptors (Lipinski definition) is 3. The van der Waals surface area contributed by atoms with E-state index in [4.69, 9.17) is 0 Å². The Kier molecular flexibility index (Phi) is 6.69. The smallest absolute Gasteiger partial charge is 0.239 e. The molecule has 0 atom stereocenters. The van der Waals surface area contributed by atoms with Crippen LogP contribution < -0.4 is 16.0 Å². The molecule has 0 aromatic heterocycles. The zero-order valence-corrected chi connectivity index (χ0v) is 13.7. The van der Waals surface area contributed by atoms with Crippen molar-refractivity contribution >= 4 is 11.9 Å². The number of phenols is 1. The Morgan fingerprint density at radius 2 is 2.00 bits per heavy atom. The maximum absolute atomic E-state index is 11.8. The highest BCUT2D eigenvalue weighted by molar-refractivity contribution is 5.86. The van der Waals surface area contributed by atoms with Gasteiger partial charge in [0.2, 0.25) is 5.91 Å². The average molecular weight is 306 g/mol. The van der Waals surface area contributed by atoms with Gasteiger partial charge in [0, 0.05) is 12.1 Å².